The van der Waals surface area contributed by atoms with Crippen molar-refractivity contribution in [3.8, 4) is 0 Å². The fraction of sp³-hybridized carbons (Fsp3) is 0.200. The highest BCUT2D eigenvalue weighted by Gasteiger charge is 2.13. The number of fused-ring (bicyclic) bond motifs is 1. The fourth-order valence-corrected chi connectivity index (χ4v) is 1.92. The highest BCUT2D eigenvalue weighted by atomic mass is 79.9. The van der Waals surface area contributed by atoms with Crippen molar-refractivity contribution in [2.75, 3.05) is 5.32 Å². The zero-order valence-corrected chi connectivity index (χ0v) is 9.26. The lowest BCUT2D eigenvalue weighted by molar-refractivity contribution is -0.114. The zero-order chi connectivity index (χ0) is 10.1. The van der Waals surface area contributed by atoms with Crippen molar-refractivity contribution >= 4 is 32.1 Å². The lowest BCUT2D eigenvalue weighted by Gasteiger charge is -2.04. The molecule has 0 saturated carbocycles. The van der Waals surface area contributed by atoms with Gasteiger partial charge in [0.2, 0.25) is 5.91 Å². The molecule has 0 radical (unpaired) electrons. The second-order valence-corrected chi connectivity index (χ2v) is 3.91. The third-order valence-corrected chi connectivity index (χ3v) is 2.72. The smallest absolute Gasteiger partial charge is 0.221 e. The summed E-state index contributed by atoms with van der Waals surface area (Å²) in [5, 5.41) is 2.74. The Bertz CT molecular complexity index is 426. The van der Waals surface area contributed by atoms with Crippen molar-refractivity contribution in [3.05, 3.63) is 29.3 Å². The molecule has 14 heavy (non-hydrogen) atoms. The number of carbonyl (C=O) groups is 1. The van der Waals surface area contributed by atoms with Gasteiger partial charge >= 0.3 is 0 Å². The molecule has 1 aromatic rings. The minimum absolute atomic E-state index is 0.0593. The second-order valence-electron chi connectivity index (χ2n) is 3.16. The molecule has 0 saturated heterocycles. The molecular weight excluding hydrogens is 244 g/mol. The molecule has 1 amide bonds. The van der Waals surface area contributed by atoms with E-state index >= 15 is 0 Å². The number of aliphatic imine (C=N–C) groups is 1. The van der Waals surface area contributed by atoms with Crippen molar-refractivity contribution in [1.82, 2.24) is 0 Å². The molecule has 1 aromatic carbocycles. The summed E-state index contributed by atoms with van der Waals surface area (Å²) in [5.41, 5.74) is 3.06. The monoisotopic (exact) mass is 252 g/mol. The van der Waals surface area contributed by atoms with E-state index in [2.05, 4.69) is 26.2 Å². The van der Waals surface area contributed by atoms with Crippen LogP contribution in [0.4, 0.5) is 5.69 Å². The molecular formula is C10H9BrN2O. The van der Waals surface area contributed by atoms with E-state index < -0.39 is 0 Å². The van der Waals surface area contributed by atoms with E-state index in [-0.39, 0.29) is 5.91 Å². The predicted molar refractivity (Wildman–Crippen MR) is 59.9 cm³/mol. The molecule has 0 atom stereocenters. The van der Waals surface area contributed by atoms with Crippen LogP contribution in [0, 0.1) is 0 Å². The highest BCUT2D eigenvalue weighted by molar-refractivity contribution is 9.18. The Morgan fingerprint density at radius 1 is 1.57 bits per heavy atom. The number of hydrogen-bond acceptors (Lipinski definition) is 2. The molecule has 0 aliphatic carbocycles. The standard InChI is InChI=1S/C10H9BrN2O/c1-6(14)13-8-3-2-7-5-12-10(11)9(7)4-8/h2-4H,5H2,1H3,(H,13,14). The van der Waals surface area contributed by atoms with Gasteiger partial charge in [0, 0.05) is 18.2 Å². The average Bonchev–Trinajstić information content (AvgIpc) is 2.47. The lowest BCUT2D eigenvalue weighted by atomic mass is 10.1. The first-order chi connectivity index (χ1) is 6.66. The Morgan fingerprint density at radius 3 is 3.07 bits per heavy atom. The Labute approximate surface area is 90.4 Å². The van der Waals surface area contributed by atoms with Gasteiger partial charge in [-0.3, -0.25) is 9.79 Å². The highest BCUT2D eigenvalue weighted by Crippen LogP contribution is 2.24. The summed E-state index contributed by atoms with van der Waals surface area (Å²) >= 11 is 3.37. The summed E-state index contributed by atoms with van der Waals surface area (Å²) in [5.74, 6) is -0.0593. The molecule has 4 heteroatoms. The van der Waals surface area contributed by atoms with Crippen molar-refractivity contribution in [1.29, 1.82) is 0 Å². The summed E-state index contributed by atoms with van der Waals surface area (Å²) in [7, 11) is 0. The first-order valence-electron chi connectivity index (χ1n) is 4.27. The van der Waals surface area contributed by atoms with E-state index in [1.165, 1.54) is 12.5 Å². The van der Waals surface area contributed by atoms with Gasteiger partial charge in [-0.2, -0.15) is 0 Å². The Balaban J connectivity index is 2.35. The topological polar surface area (TPSA) is 41.5 Å². The van der Waals surface area contributed by atoms with Gasteiger partial charge in [-0.05, 0) is 33.6 Å². The lowest BCUT2D eigenvalue weighted by Crippen LogP contribution is -2.06. The first-order valence-corrected chi connectivity index (χ1v) is 5.07. The Kier molecular flexibility index (Phi) is 2.37. The van der Waals surface area contributed by atoms with Crippen LogP contribution in [-0.4, -0.2) is 10.5 Å². The molecule has 0 spiro atoms. The van der Waals surface area contributed by atoms with Crippen molar-refractivity contribution < 1.29 is 4.79 Å². The van der Waals surface area contributed by atoms with Gasteiger partial charge in [0.15, 0.2) is 0 Å². The van der Waals surface area contributed by atoms with Crippen LogP contribution in [0.1, 0.15) is 18.1 Å². The van der Waals surface area contributed by atoms with Gasteiger partial charge in [-0.15, -0.1) is 0 Å². The number of amides is 1. The first kappa shape index (κ1) is 9.40. The van der Waals surface area contributed by atoms with Crippen LogP contribution >= 0.6 is 15.9 Å². The molecule has 1 aliphatic rings. The van der Waals surface area contributed by atoms with Crippen LogP contribution in [-0.2, 0) is 11.3 Å². The summed E-state index contributed by atoms with van der Waals surface area (Å²) in [6.45, 7) is 2.21. The van der Waals surface area contributed by atoms with E-state index in [4.69, 9.17) is 0 Å². The van der Waals surface area contributed by atoms with Crippen molar-refractivity contribution in [2.24, 2.45) is 4.99 Å². The van der Waals surface area contributed by atoms with Crippen LogP contribution < -0.4 is 5.32 Å². The van der Waals surface area contributed by atoms with Crippen LogP contribution in [0.15, 0.2) is 23.2 Å². The van der Waals surface area contributed by atoms with Crippen molar-refractivity contribution in [2.45, 2.75) is 13.5 Å². The quantitative estimate of drug-likeness (QED) is 0.819. The molecule has 1 heterocycles. The van der Waals surface area contributed by atoms with Gasteiger partial charge < -0.3 is 5.32 Å². The Hall–Kier alpha value is -1.16. The molecule has 0 fully saturated rings. The maximum Gasteiger partial charge on any atom is 0.221 e. The summed E-state index contributed by atoms with van der Waals surface area (Å²) in [6, 6.07) is 5.80. The van der Waals surface area contributed by atoms with E-state index in [9.17, 15) is 4.79 Å². The third kappa shape index (κ3) is 1.70. The predicted octanol–water partition coefficient (Wildman–Crippen LogP) is 2.30. The average molecular weight is 253 g/mol. The van der Waals surface area contributed by atoms with Crippen molar-refractivity contribution in [3.63, 3.8) is 0 Å². The molecule has 72 valence electrons. The minimum Gasteiger partial charge on any atom is -0.326 e. The number of halogens is 1. The third-order valence-electron chi connectivity index (χ3n) is 2.04. The maximum atomic E-state index is 10.8. The van der Waals surface area contributed by atoms with Crippen LogP contribution in [0.5, 0.6) is 0 Å². The summed E-state index contributed by atoms with van der Waals surface area (Å²) in [6.07, 6.45) is 0. The molecule has 3 nitrogen and oxygen atoms in total. The molecule has 2 rings (SSSR count). The number of benzene rings is 1. The van der Waals surface area contributed by atoms with E-state index in [0.717, 1.165) is 22.4 Å². The SMILES string of the molecule is CC(=O)Nc1ccc2c(c1)C(Br)=NC2. The second kappa shape index (κ2) is 3.53. The maximum absolute atomic E-state index is 10.8. The summed E-state index contributed by atoms with van der Waals surface area (Å²) < 4.78 is 0.861. The number of nitrogens with zero attached hydrogens (tertiary/aromatic N) is 1. The minimum atomic E-state index is -0.0593. The number of anilines is 1. The van der Waals surface area contributed by atoms with Gasteiger partial charge in [0.25, 0.3) is 0 Å². The van der Waals surface area contributed by atoms with Crippen LogP contribution in [0.3, 0.4) is 0 Å². The number of nitrogens with one attached hydrogen (secondary N) is 1. The molecule has 0 aromatic heterocycles. The molecule has 0 unspecified atom stereocenters. The summed E-state index contributed by atoms with van der Waals surface area (Å²) in [4.78, 5) is 15.1. The van der Waals surface area contributed by atoms with Crippen LogP contribution in [0.2, 0.25) is 0 Å². The number of hydrogen-bond donors (Lipinski definition) is 1. The van der Waals surface area contributed by atoms with E-state index in [0.29, 0.717) is 0 Å². The molecule has 1 N–H and O–H groups in total. The molecule has 0 bridgehead atoms. The molecule has 1 aliphatic heterocycles. The van der Waals surface area contributed by atoms with Gasteiger partial charge in [-0.1, -0.05) is 6.07 Å². The fourth-order valence-electron chi connectivity index (χ4n) is 1.43. The normalized spacial score (nSPS) is 13.4. The largest absolute Gasteiger partial charge is 0.326 e. The van der Waals surface area contributed by atoms with Gasteiger partial charge in [0.1, 0.15) is 4.62 Å². The van der Waals surface area contributed by atoms with E-state index in [1.54, 1.807) is 0 Å². The zero-order valence-electron chi connectivity index (χ0n) is 7.67. The van der Waals surface area contributed by atoms with Crippen LogP contribution in [0.25, 0.3) is 0 Å². The van der Waals surface area contributed by atoms with E-state index in [1.807, 2.05) is 18.2 Å². The number of carbonyl (C=O) groups excluding carboxylic acids is 1. The Morgan fingerprint density at radius 2 is 2.36 bits per heavy atom. The van der Waals surface area contributed by atoms with Gasteiger partial charge in [-0.25, -0.2) is 0 Å². The number of rotatable bonds is 1. The van der Waals surface area contributed by atoms with Gasteiger partial charge in [0.05, 0.1) is 6.54 Å².